The maximum atomic E-state index is 13.3. The summed E-state index contributed by atoms with van der Waals surface area (Å²) in [6, 6.07) is 6.50. The molecule has 31 heavy (non-hydrogen) atoms. The van der Waals surface area contributed by atoms with Gasteiger partial charge in [0.15, 0.2) is 16.7 Å². The lowest BCUT2D eigenvalue weighted by molar-refractivity contribution is -0.137. The Morgan fingerprint density at radius 2 is 1.71 bits per heavy atom. The van der Waals surface area contributed by atoms with Crippen LogP contribution >= 0.6 is 23.4 Å². The minimum absolute atomic E-state index is 0.0107. The Labute approximate surface area is 185 Å². The third-order valence-corrected chi connectivity index (χ3v) is 5.27. The number of thioether (sulfide) groups is 1. The van der Waals surface area contributed by atoms with Crippen molar-refractivity contribution in [3.05, 3.63) is 51.4 Å². The summed E-state index contributed by atoms with van der Waals surface area (Å²) in [5, 5.41) is 2.41. The molecule has 1 fully saturated rings. The highest BCUT2D eigenvalue weighted by Crippen LogP contribution is 2.41. The topological polar surface area (TPSA) is 69.2 Å². The van der Waals surface area contributed by atoms with Gasteiger partial charge in [-0.15, -0.1) is 0 Å². The van der Waals surface area contributed by atoms with E-state index in [9.17, 15) is 18.0 Å². The molecule has 2 aromatic rings. The number of nitrogens with one attached hydrogen (secondary N) is 1. The van der Waals surface area contributed by atoms with Gasteiger partial charge in [0, 0.05) is 5.02 Å². The lowest BCUT2D eigenvalue weighted by atomic mass is 10.1. The van der Waals surface area contributed by atoms with Gasteiger partial charge in [-0.05, 0) is 53.7 Å². The van der Waals surface area contributed by atoms with Gasteiger partial charge in [0.1, 0.15) is 0 Å². The second-order valence-electron chi connectivity index (χ2n) is 6.10. The predicted molar refractivity (Wildman–Crippen MR) is 113 cm³/mol. The highest BCUT2D eigenvalue weighted by molar-refractivity contribution is 8.18. The quantitative estimate of drug-likeness (QED) is 0.600. The van der Waals surface area contributed by atoms with Crippen LogP contribution in [0.3, 0.4) is 0 Å². The molecular formula is C20H16ClF3N2O4S. The molecule has 1 aliphatic rings. The van der Waals surface area contributed by atoms with Crippen molar-refractivity contribution in [2.75, 3.05) is 21.3 Å². The van der Waals surface area contributed by atoms with Gasteiger partial charge in [-0.3, -0.25) is 4.79 Å². The van der Waals surface area contributed by atoms with E-state index in [0.29, 0.717) is 22.8 Å². The number of hydrogen-bond donors (Lipinski definition) is 1. The Morgan fingerprint density at radius 3 is 2.26 bits per heavy atom. The van der Waals surface area contributed by atoms with Crippen LogP contribution in [0.1, 0.15) is 11.1 Å². The van der Waals surface area contributed by atoms with Crippen LogP contribution < -0.4 is 19.5 Å². The SMILES string of the molecule is COc1cc(C=C2SC(=Nc3ccc(Cl)cc3C(F)(F)F)NC2=O)cc(OC)c1OC. The summed E-state index contributed by atoms with van der Waals surface area (Å²) in [6.07, 6.45) is -3.11. The standard InChI is InChI=1S/C20H16ClF3N2O4S/c1-28-14-6-10(7-15(29-2)17(14)30-3)8-16-18(27)26-19(31-16)25-13-5-4-11(21)9-12(13)20(22,23)24/h4-9H,1-3H3,(H,25,26,27). The monoisotopic (exact) mass is 472 g/mol. The molecule has 3 rings (SSSR count). The molecule has 1 aliphatic heterocycles. The van der Waals surface area contributed by atoms with Crippen LogP contribution in [0.4, 0.5) is 18.9 Å². The summed E-state index contributed by atoms with van der Waals surface area (Å²) in [7, 11) is 4.38. The number of amides is 1. The van der Waals surface area contributed by atoms with Crippen molar-refractivity contribution in [1.82, 2.24) is 5.32 Å². The Hall–Kier alpha value is -2.85. The fourth-order valence-corrected chi connectivity index (χ4v) is 3.77. The first-order valence-corrected chi connectivity index (χ1v) is 9.82. The van der Waals surface area contributed by atoms with Crippen molar-refractivity contribution < 1.29 is 32.2 Å². The van der Waals surface area contributed by atoms with Crippen LogP contribution in [0.15, 0.2) is 40.2 Å². The Morgan fingerprint density at radius 1 is 1.06 bits per heavy atom. The van der Waals surface area contributed by atoms with Gasteiger partial charge in [0.25, 0.3) is 5.91 Å². The highest BCUT2D eigenvalue weighted by atomic mass is 35.5. The van der Waals surface area contributed by atoms with Crippen LogP contribution in [0.5, 0.6) is 17.2 Å². The smallest absolute Gasteiger partial charge is 0.418 e. The Balaban J connectivity index is 1.95. The fraction of sp³-hybridized carbons (Fsp3) is 0.200. The van der Waals surface area contributed by atoms with Crippen molar-refractivity contribution in [3.63, 3.8) is 0 Å². The minimum atomic E-state index is -4.65. The second kappa shape index (κ2) is 9.11. The number of ether oxygens (including phenoxy) is 3. The molecule has 11 heteroatoms. The van der Waals surface area contributed by atoms with E-state index in [1.165, 1.54) is 27.4 Å². The van der Waals surface area contributed by atoms with E-state index in [0.717, 1.165) is 23.9 Å². The number of amidine groups is 1. The molecule has 1 amide bonds. The molecule has 1 heterocycles. The van der Waals surface area contributed by atoms with Gasteiger partial charge >= 0.3 is 6.18 Å². The van der Waals surface area contributed by atoms with E-state index in [-0.39, 0.29) is 20.8 Å². The van der Waals surface area contributed by atoms with Crippen molar-refractivity contribution in [2.45, 2.75) is 6.18 Å². The van der Waals surface area contributed by atoms with Crippen molar-refractivity contribution in [1.29, 1.82) is 0 Å². The molecule has 0 saturated carbocycles. The number of hydrogen-bond acceptors (Lipinski definition) is 6. The van der Waals surface area contributed by atoms with Gasteiger partial charge in [0.2, 0.25) is 5.75 Å². The normalized spacial score (nSPS) is 16.5. The molecule has 0 unspecified atom stereocenters. The zero-order chi connectivity index (χ0) is 22.8. The van der Waals surface area contributed by atoms with Crippen LogP contribution in [-0.4, -0.2) is 32.4 Å². The Kier molecular flexibility index (Phi) is 6.71. The zero-order valence-electron chi connectivity index (χ0n) is 16.5. The maximum Gasteiger partial charge on any atom is 0.418 e. The lowest BCUT2D eigenvalue weighted by Crippen LogP contribution is -2.19. The third-order valence-electron chi connectivity index (χ3n) is 4.12. The molecular weight excluding hydrogens is 457 g/mol. The first-order chi connectivity index (χ1) is 14.7. The average Bonchev–Trinajstić information content (AvgIpc) is 3.06. The van der Waals surface area contributed by atoms with Crippen LogP contribution in [-0.2, 0) is 11.0 Å². The van der Waals surface area contributed by atoms with Crippen LogP contribution in [0.25, 0.3) is 6.08 Å². The van der Waals surface area contributed by atoms with Gasteiger partial charge in [-0.1, -0.05) is 11.6 Å². The third kappa shape index (κ3) is 5.08. The number of aliphatic imine (C=N–C) groups is 1. The number of nitrogens with zero attached hydrogens (tertiary/aromatic N) is 1. The molecule has 0 spiro atoms. The summed E-state index contributed by atoms with van der Waals surface area (Å²) in [5.74, 6) is 0.671. The molecule has 0 atom stereocenters. The van der Waals surface area contributed by atoms with E-state index in [1.807, 2.05) is 0 Å². The summed E-state index contributed by atoms with van der Waals surface area (Å²) >= 11 is 6.59. The summed E-state index contributed by atoms with van der Waals surface area (Å²) in [6.45, 7) is 0. The van der Waals surface area contributed by atoms with Crippen LogP contribution in [0.2, 0.25) is 5.02 Å². The predicted octanol–water partition coefficient (Wildman–Crippen LogP) is 5.28. The van der Waals surface area contributed by atoms with Gasteiger partial charge in [-0.2, -0.15) is 13.2 Å². The molecule has 1 saturated heterocycles. The largest absolute Gasteiger partial charge is 0.493 e. The minimum Gasteiger partial charge on any atom is -0.493 e. The van der Waals surface area contributed by atoms with Gasteiger partial charge in [-0.25, -0.2) is 4.99 Å². The van der Waals surface area contributed by atoms with Crippen LogP contribution in [0, 0.1) is 0 Å². The van der Waals surface area contributed by atoms with E-state index in [1.54, 1.807) is 18.2 Å². The molecule has 6 nitrogen and oxygen atoms in total. The molecule has 0 aliphatic carbocycles. The second-order valence-corrected chi connectivity index (χ2v) is 7.57. The molecule has 2 aromatic carbocycles. The first kappa shape index (κ1) is 22.8. The number of rotatable bonds is 5. The summed E-state index contributed by atoms with van der Waals surface area (Å²) < 4.78 is 55.7. The number of carbonyl (C=O) groups excluding carboxylic acids is 1. The van der Waals surface area contributed by atoms with Crippen molar-refractivity contribution in [2.24, 2.45) is 4.99 Å². The van der Waals surface area contributed by atoms with E-state index in [4.69, 9.17) is 25.8 Å². The number of methoxy groups -OCH3 is 3. The van der Waals surface area contributed by atoms with E-state index in [2.05, 4.69) is 10.3 Å². The van der Waals surface area contributed by atoms with Crippen molar-refractivity contribution >= 4 is 46.2 Å². The molecule has 0 aromatic heterocycles. The lowest BCUT2D eigenvalue weighted by Gasteiger charge is -2.13. The average molecular weight is 473 g/mol. The van der Waals surface area contributed by atoms with Gasteiger partial charge < -0.3 is 19.5 Å². The van der Waals surface area contributed by atoms with E-state index < -0.39 is 17.6 Å². The summed E-state index contributed by atoms with van der Waals surface area (Å²) in [5.41, 5.74) is -0.783. The number of halogens is 4. The number of carbonyl (C=O) groups is 1. The van der Waals surface area contributed by atoms with Gasteiger partial charge in [0.05, 0.1) is 37.5 Å². The Bertz CT molecular complexity index is 1060. The van der Waals surface area contributed by atoms with Crippen molar-refractivity contribution in [3.8, 4) is 17.2 Å². The number of benzene rings is 2. The molecule has 164 valence electrons. The zero-order valence-corrected chi connectivity index (χ0v) is 18.0. The maximum absolute atomic E-state index is 13.3. The number of alkyl halides is 3. The van der Waals surface area contributed by atoms with E-state index >= 15 is 0 Å². The highest BCUT2D eigenvalue weighted by Gasteiger charge is 2.34. The first-order valence-electron chi connectivity index (χ1n) is 8.62. The molecule has 0 radical (unpaired) electrons. The summed E-state index contributed by atoms with van der Waals surface area (Å²) in [4.78, 5) is 16.5. The fourth-order valence-electron chi connectivity index (χ4n) is 2.76. The molecule has 0 bridgehead atoms. The molecule has 1 N–H and O–H groups in total.